The fraction of sp³-hybridized carbons (Fsp3) is 0.556. The van der Waals surface area contributed by atoms with Gasteiger partial charge in [-0.15, -0.1) is 0 Å². The maximum Gasteiger partial charge on any atom is 0.248 e. The molecule has 0 saturated carbocycles. The van der Waals surface area contributed by atoms with Crippen molar-refractivity contribution in [2.24, 2.45) is 10.9 Å². The van der Waals surface area contributed by atoms with Gasteiger partial charge in [-0.3, -0.25) is 4.79 Å². The maximum absolute atomic E-state index is 12.2. The molecule has 26 heavy (non-hydrogen) atoms. The third-order valence-corrected chi connectivity index (χ3v) is 7.71. The number of benzene rings is 1. The number of ether oxygens (including phenoxy) is 1. The molecule has 0 N–H and O–H groups in total. The van der Waals surface area contributed by atoms with Gasteiger partial charge in [-0.05, 0) is 23.6 Å². The van der Waals surface area contributed by atoms with Gasteiger partial charge in [0, 0.05) is 18.2 Å². The fourth-order valence-corrected chi connectivity index (χ4v) is 7.26. The molecule has 2 aliphatic rings. The zero-order valence-corrected chi connectivity index (χ0v) is 16.8. The molecule has 0 aromatic heterocycles. The molecule has 2 heterocycles. The van der Waals surface area contributed by atoms with E-state index in [-0.39, 0.29) is 34.6 Å². The zero-order chi connectivity index (χ0) is 18.9. The number of nitrogens with zero attached hydrogens (tertiary/aromatic N) is 2. The Morgan fingerprint density at radius 1 is 1.38 bits per heavy atom. The highest BCUT2D eigenvalue weighted by molar-refractivity contribution is 8.15. The molecule has 0 unspecified atom stereocenters. The number of thioether (sulfide) groups is 1. The van der Waals surface area contributed by atoms with Crippen LogP contribution < -0.4 is 4.74 Å². The molecule has 2 aliphatic heterocycles. The highest BCUT2D eigenvalue weighted by Crippen LogP contribution is 2.39. The predicted molar refractivity (Wildman–Crippen MR) is 104 cm³/mol. The fourth-order valence-electron chi connectivity index (χ4n) is 3.29. The SMILES string of the molecule is COc1cccc(CN2C(=NC(=O)CC(C)C)S[C@H]3CS(=O)(=O)C[C@@H]32)c1. The summed E-state index contributed by atoms with van der Waals surface area (Å²) < 4.78 is 29.4. The average molecular weight is 397 g/mol. The molecule has 1 aromatic rings. The van der Waals surface area contributed by atoms with Crippen LogP contribution in [0.1, 0.15) is 25.8 Å². The minimum atomic E-state index is -3.04. The Balaban J connectivity index is 1.87. The molecular weight excluding hydrogens is 372 g/mol. The molecule has 0 spiro atoms. The van der Waals surface area contributed by atoms with E-state index < -0.39 is 9.84 Å². The smallest absolute Gasteiger partial charge is 0.248 e. The van der Waals surface area contributed by atoms with Crippen LogP contribution in [0.5, 0.6) is 5.75 Å². The number of hydrogen-bond acceptors (Lipinski definition) is 5. The first kappa shape index (κ1) is 19.2. The lowest BCUT2D eigenvalue weighted by atomic mass is 10.1. The number of methoxy groups -OCH3 is 1. The Kier molecular flexibility index (Phi) is 5.62. The molecule has 0 aliphatic carbocycles. The van der Waals surface area contributed by atoms with Gasteiger partial charge in [-0.25, -0.2) is 8.42 Å². The number of aliphatic imine (C=N–C) groups is 1. The molecule has 0 bridgehead atoms. The molecule has 1 amide bonds. The lowest BCUT2D eigenvalue weighted by Crippen LogP contribution is -2.37. The predicted octanol–water partition coefficient (Wildman–Crippen LogP) is 2.34. The standard InChI is InChI=1S/C18H24N2O4S2/c1-12(2)7-17(21)19-18-20(9-13-5-4-6-14(8-13)24-3)15-10-26(22,23)11-16(15)25-18/h4-6,8,12,15-16H,7,9-11H2,1-3H3/t15-,16-/m0/s1. The number of fused-ring (bicyclic) bond motifs is 1. The van der Waals surface area contributed by atoms with E-state index in [1.807, 2.05) is 43.0 Å². The summed E-state index contributed by atoms with van der Waals surface area (Å²) in [6.45, 7) is 4.47. The van der Waals surface area contributed by atoms with Crippen molar-refractivity contribution in [3.8, 4) is 5.75 Å². The Morgan fingerprint density at radius 2 is 2.15 bits per heavy atom. The van der Waals surface area contributed by atoms with Crippen molar-refractivity contribution in [2.45, 2.75) is 38.1 Å². The van der Waals surface area contributed by atoms with E-state index in [4.69, 9.17) is 4.74 Å². The number of carbonyl (C=O) groups excluding carboxylic acids is 1. The van der Waals surface area contributed by atoms with Gasteiger partial charge in [0.25, 0.3) is 0 Å². The number of carbonyl (C=O) groups is 1. The van der Waals surface area contributed by atoms with Crippen molar-refractivity contribution in [2.75, 3.05) is 18.6 Å². The topological polar surface area (TPSA) is 76.0 Å². The van der Waals surface area contributed by atoms with E-state index in [1.165, 1.54) is 11.8 Å². The van der Waals surface area contributed by atoms with Crippen molar-refractivity contribution in [1.82, 2.24) is 4.90 Å². The summed E-state index contributed by atoms with van der Waals surface area (Å²) in [7, 11) is -1.43. The number of amides is 1. The summed E-state index contributed by atoms with van der Waals surface area (Å²) in [6.07, 6.45) is 0.394. The number of rotatable bonds is 5. The van der Waals surface area contributed by atoms with Gasteiger partial charge in [-0.2, -0.15) is 4.99 Å². The van der Waals surface area contributed by atoms with E-state index in [9.17, 15) is 13.2 Å². The molecule has 142 valence electrons. The van der Waals surface area contributed by atoms with Crippen LogP contribution in [0.2, 0.25) is 0 Å². The molecular formula is C18H24N2O4S2. The molecule has 6 nitrogen and oxygen atoms in total. The number of hydrogen-bond donors (Lipinski definition) is 0. The summed E-state index contributed by atoms with van der Waals surface area (Å²) in [5.74, 6) is 1.10. The van der Waals surface area contributed by atoms with Crippen LogP contribution in [0.25, 0.3) is 0 Å². The van der Waals surface area contributed by atoms with Crippen LogP contribution >= 0.6 is 11.8 Å². The van der Waals surface area contributed by atoms with Crippen molar-refractivity contribution < 1.29 is 17.9 Å². The summed E-state index contributed by atoms with van der Waals surface area (Å²) >= 11 is 1.42. The summed E-state index contributed by atoms with van der Waals surface area (Å²) in [6, 6.07) is 7.53. The Morgan fingerprint density at radius 3 is 2.85 bits per heavy atom. The quantitative estimate of drug-likeness (QED) is 0.760. The van der Waals surface area contributed by atoms with Crippen LogP contribution in [-0.2, 0) is 21.2 Å². The van der Waals surface area contributed by atoms with Crippen molar-refractivity contribution in [3.05, 3.63) is 29.8 Å². The van der Waals surface area contributed by atoms with Crippen LogP contribution in [0.3, 0.4) is 0 Å². The Labute approximate surface area is 158 Å². The van der Waals surface area contributed by atoms with Crippen LogP contribution in [0, 0.1) is 5.92 Å². The van der Waals surface area contributed by atoms with Gasteiger partial charge in [0.1, 0.15) is 5.75 Å². The lowest BCUT2D eigenvalue weighted by molar-refractivity contribution is -0.118. The first-order chi connectivity index (χ1) is 12.3. The Bertz CT molecular complexity index is 820. The van der Waals surface area contributed by atoms with E-state index in [0.717, 1.165) is 11.3 Å². The minimum absolute atomic E-state index is 0.0591. The first-order valence-corrected chi connectivity index (χ1v) is 11.4. The van der Waals surface area contributed by atoms with Crippen LogP contribution in [-0.4, -0.2) is 54.3 Å². The molecule has 0 radical (unpaired) electrons. The first-order valence-electron chi connectivity index (χ1n) is 8.65. The van der Waals surface area contributed by atoms with E-state index in [0.29, 0.717) is 18.1 Å². The Hall–Kier alpha value is -1.54. The summed E-state index contributed by atoms with van der Waals surface area (Å²) in [4.78, 5) is 18.5. The van der Waals surface area contributed by atoms with Crippen molar-refractivity contribution in [3.63, 3.8) is 0 Å². The van der Waals surface area contributed by atoms with Crippen LogP contribution in [0.4, 0.5) is 0 Å². The molecule has 3 rings (SSSR count). The van der Waals surface area contributed by atoms with Gasteiger partial charge < -0.3 is 9.64 Å². The third kappa shape index (κ3) is 4.40. The number of amidine groups is 1. The molecule has 2 saturated heterocycles. The molecule has 8 heteroatoms. The van der Waals surface area contributed by atoms with Gasteiger partial charge in [0.2, 0.25) is 5.91 Å². The van der Waals surface area contributed by atoms with E-state index in [1.54, 1.807) is 7.11 Å². The zero-order valence-electron chi connectivity index (χ0n) is 15.2. The lowest BCUT2D eigenvalue weighted by Gasteiger charge is -2.24. The normalized spacial score (nSPS) is 25.7. The van der Waals surface area contributed by atoms with E-state index in [2.05, 4.69) is 4.99 Å². The second kappa shape index (κ2) is 7.60. The van der Waals surface area contributed by atoms with Gasteiger partial charge in [0.15, 0.2) is 15.0 Å². The van der Waals surface area contributed by atoms with Crippen molar-refractivity contribution >= 4 is 32.7 Å². The second-order valence-corrected chi connectivity index (χ2v) is 10.5. The molecule has 1 aromatic carbocycles. The highest BCUT2D eigenvalue weighted by atomic mass is 32.2. The third-order valence-electron chi connectivity index (χ3n) is 4.47. The monoisotopic (exact) mass is 396 g/mol. The minimum Gasteiger partial charge on any atom is -0.497 e. The summed E-state index contributed by atoms with van der Waals surface area (Å²) in [5.41, 5.74) is 0.999. The van der Waals surface area contributed by atoms with Crippen molar-refractivity contribution in [1.29, 1.82) is 0 Å². The van der Waals surface area contributed by atoms with Gasteiger partial charge in [-0.1, -0.05) is 37.7 Å². The van der Waals surface area contributed by atoms with E-state index >= 15 is 0 Å². The van der Waals surface area contributed by atoms with Gasteiger partial charge >= 0.3 is 0 Å². The molecule has 2 fully saturated rings. The average Bonchev–Trinajstić information content (AvgIpc) is 2.99. The highest BCUT2D eigenvalue weighted by Gasteiger charge is 2.48. The largest absolute Gasteiger partial charge is 0.497 e. The van der Waals surface area contributed by atoms with Crippen LogP contribution in [0.15, 0.2) is 29.3 Å². The second-order valence-electron chi connectivity index (χ2n) is 7.17. The summed E-state index contributed by atoms with van der Waals surface area (Å²) in [5, 5.41) is 0.583. The molecule has 2 atom stereocenters. The number of sulfone groups is 1. The van der Waals surface area contributed by atoms with Gasteiger partial charge in [0.05, 0.1) is 24.7 Å². The maximum atomic E-state index is 12.2.